The first kappa shape index (κ1) is 19.5. The second-order valence-electron chi connectivity index (χ2n) is 8.34. The molecule has 0 aliphatic heterocycles. The maximum atomic E-state index is 13.9. The van der Waals surface area contributed by atoms with Gasteiger partial charge in [-0.05, 0) is 73.4 Å². The highest BCUT2D eigenvalue weighted by atomic mass is 19.1. The van der Waals surface area contributed by atoms with E-state index in [1.807, 2.05) is 0 Å². The van der Waals surface area contributed by atoms with Crippen molar-refractivity contribution in [2.75, 3.05) is 24.9 Å². The van der Waals surface area contributed by atoms with Gasteiger partial charge in [-0.25, -0.2) is 4.39 Å². The van der Waals surface area contributed by atoms with Gasteiger partial charge < -0.3 is 24.8 Å². The van der Waals surface area contributed by atoms with Gasteiger partial charge >= 0.3 is 0 Å². The zero-order chi connectivity index (χ0) is 29.5. The SMILES string of the molecule is [2H]c1c([2H])c(NC(=O)C2(C(=O)Nc3ccc(Oc4ccnc5cc(OC)c(OC)cc45)cc3)CC2)c([2H])c([2H])c1F. The van der Waals surface area contributed by atoms with Crippen molar-refractivity contribution in [3.05, 3.63) is 78.6 Å². The number of ether oxygens (including phenoxy) is 3. The Labute approximate surface area is 218 Å². The summed E-state index contributed by atoms with van der Waals surface area (Å²) in [5.41, 5.74) is -0.890. The predicted octanol–water partition coefficient (Wildman–Crippen LogP) is 5.54. The van der Waals surface area contributed by atoms with Gasteiger partial charge in [-0.1, -0.05) is 0 Å². The lowest BCUT2D eigenvalue weighted by Gasteiger charge is -2.16. The number of carbonyl (C=O) groups is 2. The van der Waals surface area contributed by atoms with Crippen molar-refractivity contribution in [2.24, 2.45) is 5.41 Å². The van der Waals surface area contributed by atoms with Crippen molar-refractivity contribution < 1.29 is 33.7 Å². The molecule has 2 N–H and O–H groups in total. The van der Waals surface area contributed by atoms with Crippen molar-refractivity contribution >= 4 is 34.1 Å². The highest BCUT2D eigenvalue weighted by Crippen LogP contribution is 2.47. The minimum atomic E-state index is -1.46. The van der Waals surface area contributed by atoms with Crippen LogP contribution in [0.4, 0.5) is 15.8 Å². The van der Waals surface area contributed by atoms with Gasteiger partial charge in [0.15, 0.2) is 11.5 Å². The van der Waals surface area contributed by atoms with Crippen LogP contribution in [0.2, 0.25) is 0 Å². The van der Waals surface area contributed by atoms with Crippen molar-refractivity contribution in [2.45, 2.75) is 12.8 Å². The van der Waals surface area contributed by atoms with Gasteiger partial charge in [0.2, 0.25) is 11.8 Å². The summed E-state index contributed by atoms with van der Waals surface area (Å²) in [6.07, 6.45) is 2.05. The lowest BCUT2D eigenvalue weighted by molar-refractivity contribution is -0.131. The molecule has 0 spiro atoms. The second-order valence-corrected chi connectivity index (χ2v) is 8.34. The second kappa shape index (κ2) is 9.77. The van der Waals surface area contributed by atoms with Crippen LogP contribution in [0.3, 0.4) is 0 Å². The maximum absolute atomic E-state index is 13.9. The van der Waals surface area contributed by atoms with Gasteiger partial charge in [0.1, 0.15) is 22.7 Å². The number of halogens is 1. The number of hydrogen-bond donors (Lipinski definition) is 2. The quantitative estimate of drug-likeness (QED) is 0.305. The Bertz CT molecular complexity index is 1670. The normalized spacial score (nSPS) is 15.0. The summed E-state index contributed by atoms with van der Waals surface area (Å²) >= 11 is 0. The van der Waals surface area contributed by atoms with E-state index >= 15 is 0 Å². The predicted molar refractivity (Wildman–Crippen MR) is 137 cm³/mol. The number of methoxy groups -OCH3 is 2. The van der Waals surface area contributed by atoms with E-state index in [0.29, 0.717) is 39.6 Å². The van der Waals surface area contributed by atoms with Crippen molar-refractivity contribution in [1.82, 2.24) is 4.98 Å². The van der Waals surface area contributed by atoms with Gasteiger partial charge in [-0.3, -0.25) is 14.6 Å². The van der Waals surface area contributed by atoms with Crippen LogP contribution < -0.4 is 24.8 Å². The molecule has 1 saturated carbocycles. The minimum absolute atomic E-state index is 0.221. The molecule has 2 amide bonds. The summed E-state index contributed by atoms with van der Waals surface area (Å²) in [6.45, 7) is 0. The van der Waals surface area contributed by atoms with Gasteiger partial charge in [-0.2, -0.15) is 0 Å². The first-order valence-electron chi connectivity index (χ1n) is 13.3. The molecule has 5 rings (SSSR count). The molecule has 8 nitrogen and oxygen atoms in total. The number of fused-ring (bicyclic) bond motifs is 1. The minimum Gasteiger partial charge on any atom is -0.493 e. The van der Waals surface area contributed by atoms with Crippen LogP contribution in [0, 0.1) is 11.2 Å². The van der Waals surface area contributed by atoms with Crippen molar-refractivity contribution in [3.63, 3.8) is 0 Å². The topological polar surface area (TPSA) is 98.8 Å². The average molecular weight is 506 g/mol. The number of rotatable bonds is 8. The Morgan fingerprint density at radius 3 is 2.14 bits per heavy atom. The largest absolute Gasteiger partial charge is 0.493 e. The summed E-state index contributed by atoms with van der Waals surface area (Å²) in [6, 6.07) is 8.44. The maximum Gasteiger partial charge on any atom is 0.240 e. The highest BCUT2D eigenvalue weighted by molar-refractivity contribution is 6.16. The van der Waals surface area contributed by atoms with E-state index in [2.05, 4.69) is 15.6 Å². The molecule has 188 valence electrons. The van der Waals surface area contributed by atoms with E-state index in [1.165, 1.54) is 14.2 Å². The van der Waals surface area contributed by atoms with Crippen molar-refractivity contribution in [3.8, 4) is 23.0 Å². The number of benzene rings is 3. The van der Waals surface area contributed by atoms with Gasteiger partial charge in [0.25, 0.3) is 0 Å². The third-order valence-corrected chi connectivity index (χ3v) is 6.00. The molecular formula is C28H24FN3O5. The Balaban J connectivity index is 1.30. The molecule has 0 bridgehead atoms. The van der Waals surface area contributed by atoms with E-state index in [9.17, 15) is 14.0 Å². The molecule has 4 aromatic rings. The molecule has 3 aromatic carbocycles. The van der Waals surface area contributed by atoms with Gasteiger partial charge in [0.05, 0.1) is 25.2 Å². The average Bonchev–Trinajstić information content (AvgIpc) is 3.80. The lowest BCUT2D eigenvalue weighted by atomic mass is 10.0. The Kier molecular flexibility index (Phi) is 5.15. The number of nitrogens with zero attached hydrogens (tertiary/aromatic N) is 1. The number of anilines is 2. The highest BCUT2D eigenvalue weighted by Gasteiger charge is 2.56. The van der Waals surface area contributed by atoms with Crippen molar-refractivity contribution in [1.29, 1.82) is 0 Å². The van der Waals surface area contributed by atoms with E-state index in [4.69, 9.17) is 19.7 Å². The van der Waals surface area contributed by atoms with Crippen LogP contribution in [0.1, 0.15) is 18.3 Å². The first-order chi connectivity index (χ1) is 19.6. The summed E-state index contributed by atoms with van der Waals surface area (Å²) in [5.74, 6) is -0.652. The van der Waals surface area contributed by atoms with Crippen LogP contribution in [0.15, 0.2) is 72.8 Å². The monoisotopic (exact) mass is 505 g/mol. The molecule has 1 aliphatic rings. The number of carbonyl (C=O) groups excluding carboxylic acids is 2. The Morgan fingerprint density at radius 2 is 1.51 bits per heavy atom. The number of aromatic nitrogens is 1. The summed E-state index contributed by atoms with van der Waals surface area (Å²) in [7, 11) is 3.07. The van der Waals surface area contributed by atoms with E-state index < -0.39 is 52.9 Å². The lowest BCUT2D eigenvalue weighted by Crippen LogP contribution is -2.35. The molecule has 0 radical (unpaired) electrons. The number of nitrogens with one attached hydrogen (secondary N) is 2. The fraction of sp³-hybridized carbons (Fsp3) is 0.179. The van der Waals surface area contributed by atoms with E-state index in [0.717, 1.165) is 0 Å². The Hall–Kier alpha value is -4.66. The summed E-state index contributed by atoms with van der Waals surface area (Å²) in [5, 5.41) is 5.70. The molecule has 9 heteroatoms. The molecule has 1 aliphatic carbocycles. The number of amides is 2. The van der Waals surface area contributed by atoms with E-state index in [1.54, 1.807) is 48.7 Å². The third-order valence-electron chi connectivity index (χ3n) is 6.00. The van der Waals surface area contributed by atoms with Crippen LogP contribution >= 0.6 is 0 Å². The zero-order valence-corrected chi connectivity index (χ0v) is 19.9. The molecule has 1 aromatic heterocycles. The molecule has 0 atom stereocenters. The third kappa shape index (κ3) is 4.88. The summed E-state index contributed by atoms with van der Waals surface area (Å²) < 4.78 is 61.6. The first-order valence-corrected chi connectivity index (χ1v) is 11.3. The van der Waals surface area contributed by atoms with Crippen LogP contribution in [0.25, 0.3) is 10.9 Å². The van der Waals surface area contributed by atoms with Crippen LogP contribution in [-0.4, -0.2) is 31.0 Å². The summed E-state index contributed by atoms with van der Waals surface area (Å²) in [4.78, 5) is 30.4. The van der Waals surface area contributed by atoms with Gasteiger partial charge in [-0.15, -0.1) is 0 Å². The molecule has 0 unspecified atom stereocenters. The van der Waals surface area contributed by atoms with E-state index in [-0.39, 0.29) is 12.8 Å². The smallest absolute Gasteiger partial charge is 0.240 e. The molecule has 0 saturated heterocycles. The standard InChI is InChI=1S/C28H24FN3O5/c1-35-24-15-21-22(16-25(24)36-2)30-14-11-23(21)37-20-9-7-19(8-10-20)32-27(34)28(12-13-28)26(33)31-18-5-3-17(29)4-6-18/h3-11,14-16H,12-13H2,1-2H3,(H,31,33)(H,32,34)/i3D,4D,5D,6D. The van der Waals surface area contributed by atoms with Crippen LogP contribution in [-0.2, 0) is 9.59 Å². The fourth-order valence-electron chi connectivity index (χ4n) is 3.80. The fourth-order valence-corrected chi connectivity index (χ4v) is 3.80. The zero-order valence-electron chi connectivity index (χ0n) is 23.9. The molecular weight excluding hydrogens is 477 g/mol. The number of hydrogen-bond acceptors (Lipinski definition) is 6. The Morgan fingerprint density at radius 1 is 0.892 bits per heavy atom. The molecule has 1 heterocycles. The van der Waals surface area contributed by atoms with Crippen LogP contribution in [0.5, 0.6) is 23.0 Å². The number of pyridine rings is 1. The van der Waals surface area contributed by atoms with Gasteiger partial charge in [0, 0.05) is 29.0 Å². The molecule has 37 heavy (non-hydrogen) atoms. The molecule has 1 fully saturated rings.